The predicted molar refractivity (Wildman–Crippen MR) is 123 cm³/mol. The van der Waals surface area contributed by atoms with Crippen molar-refractivity contribution in [1.82, 2.24) is 15.0 Å². The first-order valence-electron chi connectivity index (χ1n) is 9.56. The van der Waals surface area contributed by atoms with E-state index in [2.05, 4.69) is 15.5 Å². The van der Waals surface area contributed by atoms with E-state index in [4.69, 9.17) is 4.74 Å². The predicted octanol–water partition coefficient (Wildman–Crippen LogP) is 3.59. The number of ether oxygens (including phenoxy) is 1. The number of hydrogen-bond donors (Lipinski definition) is 1. The molecule has 1 amide bonds. The number of carbonyl (C=O) groups is 1. The Bertz CT molecular complexity index is 1310. The molecule has 0 bridgehead atoms. The van der Waals surface area contributed by atoms with Crippen molar-refractivity contribution >= 4 is 33.7 Å². The second-order valence-electron chi connectivity index (χ2n) is 6.82. The first-order chi connectivity index (χ1) is 15.1. The summed E-state index contributed by atoms with van der Waals surface area (Å²) in [5.41, 5.74) is 4.83. The third-order valence-electron chi connectivity index (χ3n) is 4.75. The first-order valence-corrected chi connectivity index (χ1v) is 10.4. The monoisotopic (exact) mass is 432 g/mol. The molecular formula is C23H20N4O3S. The van der Waals surface area contributed by atoms with Gasteiger partial charge in [0.1, 0.15) is 17.1 Å². The molecule has 0 aliphatic carbocycles. The number of amides is 1. The van der Waals surface area contributed by atoms with Gasteiger partial charge in [-0.25, -0.2) is 10.4 Å². The minimum atomic E-state index is -0.416. The first kappa shape index (κ1) is 20.5. The fourth-order valence-corrected chi connectivity index (χ4v) is 4.26. The molecule has 0 unspecified atom stereocenters. The van der Waals surface area contributed by atoms with Crippen molar-refractivity contribution in [2.45, 2.75) is 13.5 Å². The molecule has 2 aromatic heterocycles. The normalized spacial score (nSPS) is 11.2. The molecule has 0 aliphatic rings. The number of hydrogen-bond acceptors (Lipinski definition) is 6. The fourth-order valence-electron chi connectivity index (χ4n) is 3.26. The van der Waals surface area contributed by atoms with E-state index in [0.29, 0.717) is 10.2 Å². The van der Waals surface area contributed by atoms with E-state index in [1.54, 1.807) is 19.2 Å². The smallest absolute Gasteiger partial charge is 0.263 e. The van der Waals surface area contributed by atoms with Crippen molar-refractivity contribution in [2.24, 2.45) is 5.10 Å². The average Bonchev–Trinajstić information content (AvgIpc) is 3.13. The summed E-state index contributed by atoms with van der Waals surface area (Å²) < 4.78 is 6.41. The average molecular weight is 433 g/mol. The Balaban J connectivity index is 1.54. The van der Waals surface area contributed by atoms with E-state index in [9.17, 15) is 9.59 Å². The van der Waals surface area contributed by atoms with Gasteiger partial charge in [0.25, 0.3) is 11.5 Å². The molecule has 7 nitrogen and oxygen atoms in total. The second-order valence-corrected chi connectivity index (χ2v) is 8.03. The molecule has 4 aromatic rings. The minimum absolute atomic E-state index is 0.176. The molecule has 2 aromatic carbocycles. The van der Waals surface area contributed by atoms with Crippen LogP contribution in [0.5, 0.6) is 5.75 Å². The van der Waals surface area contributed by atoms with Crippen LogP contribution in [0.1, 0.15) is 10.4 Å². The second kappa shape index (κ2) is 8.93. The number of fused-ring (bicyclic) bond motifs is 1. The Morgan fingerprint density at radius 3 is 2.65 bits per heavy atom. The molecule has 1 N–H and O–H groups in total. The Labute approximate surface area is 182 Å². The van der Waals surface area contributed by atoms with Gasteiger partial charge in [0.15, 0.2) is 0 Å². The summed E-state index contributed by atoms with van der Waals surface area (Å²) in [6.45, 7) is 1.80. The van der Waals surface area contributed by atoms with Crippen LogP contribution in [0.2, 0.25) is 0 Å². The summed E-state index contributed by atoms with van der Waals surface area (Å²) in [7, 11) is 1.59. The van der Waals surface area contributed by atoms with Gasteiger partial charge in [0.2, 0.25) is 0 Å². The summed E-state index contributed by atoms with van der Waals surface area (Å²) in [5.74, 6) is 0.322. The van der Waals surface area contributed by atoms with Gasteiger partial charge in [-0.2, -0.15) is 5.10 Å². The molecule has 31 heavy (non-hydrogen) atoms. The van der Waals surface area contributed by atoms with Crippen molar-refractivity contribution in [3.8, 4) is 16.9 Å². The molecule has 2 heterocycles. The molecule has 8 heteroatoms. The van der Waals surface area contributed by atoms with E-state index in [0.717, 1.165) is 27.3 Å². The summed E-state index contributed by atoms with van der Waals surface area (Å²) >= 11 is 1.47. The number of hydrazone groups is 1. The van der Waals surface area contributed by atoms with Crippen molar-refractivity contribution in [3.05, 3.63) is 81.7 Å². The largest absolute Gasteiger partial charge is 0.497 e. The molecule has 0 radical (unpaired) electrons. The van der Waals surface area contributed by atoms with Crippen LogP contribution >= 0.6 is 11.3 Å². The number of nitrogens with one attached hydrogen (secondary N) is 1. The number of nitrogens with zero attached hydrogens (tertiary/aromatic N) is 3. The Kier molecular flexibility index (Phi) is 5.90. The number of methoxy groups -OCH3 is 1. The number of benzene rings is 2. The SMILES string of the molecule is COc1ccc(C=NNC(=O)Cn2cnc3sc(C)c(-c4ccccc4)c3c2=O)cc1. The zero-order chi connectivity index (χ0) is 21.8. The van der Waals surface area contributed by atoms with Crippen LogP contribution in [0.25, 0.3) is 21.3 Å². The van der Waals surface area contributed by atoms with Gasteiger partial charge in [-0.3, -0.25) is 14.2 Å². The molecule has 4 rings (SSSR count). The van der Waals surface area contributed by atoms with E-state index < -0.39 is 5.91 Å². The van der Waals surface area contributed by atoms with Crippen LogP contribution in [0.4, 0.5) is 0 Å². The molecule has 0 fully saturated rings. The summed E-state index contributed by atoms with van der Waals surface area (Å²) in [4.78, 5) is 31.5. The summed E-state index contributed by atoms with van der Waals surface area (Å²) in [6.07, 6.45) is 2.93. The van der Waals surface area contributed by atoms with Crippen molar-refractivity contribution in [3.63, 3.8) is 0 Å². The van der Waals surface area contributed by atoms with Gasteiger partial charge in [0.05, 0.1) is 25.0 Å². The van der Waals surface area contributed by atoms with Crippen LogP contribution in [0, 0.1) is 6.92 Å². The maximum absolute atomic E-state index is 13.1. The Morgan fingerprint density at radius 1 is 1.19 bits per heavy atom. The van der Waals surface area contributed by atoms with E-state index in [1.165, 1.54) is 28.4 Å². The Morgan fingerprint density at radius 2 is 1.94 bits per heavy atom. The number of aromatic nitrogens is 2. The number of carbonyl (C=O) groups excluding carboxylic acids is 1. The van der Waals surface area contributed by atoms with Crippen LogP contribution in [0.15, 0.2) is 70.8 Å². The third-order valence-corrected chi connectivity index (χ3v) is 5.76. The highest BCUT2D eigenvalue weighted by atomic mass is 32.1. The highest BCUT2D eigenvalue weighted by molar-refractivity contribution is 7.19. The lowest BCUT2D eigenvalue weighted by atomic mass is 10.0. The van der Waals surface area contributed by atoms with E-state index >= 15 is 0 Å². The maximum atomic E-state index is 13.1. The van der Waals surface area contributed by atoms with Crippen LogP contribution < -0.4 is 15.7 Å². The zero-order valence-corrected chi connectivity index (χ0v) is 17.8. The van der Waals surface area contributed by atoms with Crippen molar-refractivity contribution in [2.75, 3.05) is 7.11 Å². The van der Waals surface area contributed by atoms with Crippen LogP contribution in [-0.4, -0.2) is 28.8 Å². The van der Waals surface area contributed by atoms with Gasteiger partial charge in [0, 0.05) is 10.4 Å². The van der Waals surface area contributed by atoms with E-state index in [1.807, 2.05) is 49.4 Å². The van der Waals surface area contributed by atoms with Crippen molar-refractivity contribution < 1.29 is 9.53 Å². The lowest BCUT2D eigenvalue weighted by Crippen LogP contribution is -2.30. The number of aryl methyl sites for hydroxylation is 1. The summed E-state index contributed by atoms with van der Waals surface area (Å²) in [6, 6.07) is 17.0. The fraction of sp³-hybridized carbons (Fsp3) is 0.130. The van der Waals surface area contributed by atoms with Crippen LogP contribution in [0.3, 0.4) is 0 Å². The van der Waals surface area contributed by atoms with Gasteiger partial charge >= 0.3 is 0 Å². The van der Waals surface area contributed by atoms with E-state index in [-0.39, 0.29) is 12.1 Å². The van der Waals surface area contributed by atoms with Gasteiger partial charge in [-0.05, 0) is 42.3 Å². The number of rotatable bonds is 6. The highest BCUT2D eigenvalue weighted by Crippen LogP contribution is 2.35. The standard InChI is InChI=1S/C23H20N4O3S/c1-15-20(17-6-4-3-5-7-17)21-22(31-15)24-14-27(23(21)29)13-19(28)26-25-12-16-8-10-18(30-2)11-9-16/h3-12,14H,13H2,1-2H3,(H,26,28). The molecular weight excluding hydrogens is 412 g/mol. The topological polar surface area (TPSA) is 85.6 Å². The lowest BCUT2D eigenvalue weighted by molar-refractivity contribution is -0.121. The molecule has 0 saturated carbocycles. The summed E-state index contributed by atoms with van der Waals surface area (Å²) in [5, 5.41) is 4.49. The molecule has 156 valence electrons. The van der Waals surface area contributed by atoms with Gasteiger partial charge in [-0.1, -0.05) is 30.3 Å². The maximum Gasteiger partial charge on any atom is 0.263 e. The van der Waals surface area contributed by atoms with Crippen LogP contribution in [-0.2, 0) is 11.3 Å². The number of thiophene rings is 1. The molecule has 0 atom stereocenters. The van der Waals surface area contributed by atoms with Gasteiger partial charge in [-0.15, -0.1) is 11.3 Å². The highest BCUT2D eigenvalue weighted by Gasteiger charge is 2.17. The lowest BCUT2D eigenvalue weighted by Gasteiger charge is -2.06. The zero-order valence-electron chi connectivity index (χ0n) is 17.0. The molecule has 0 spiro atoms. The van der Waals surface area contributed by atoms with Gasteiger partial charge < -0.3 is 4.74 Å². The Hall–Kier alpha value is -3.78. The van der Waals surface area contributed by atoms with Crippen molar-refractivity contribution in [1.29, 1.82) is 0 Å². The quantitative estimate of drug-likeness (QED) is 0.373. The molecule has 0 saturated heterocycles. The molecule has 0 aliphatic heterocycles. The third kappa shape index (κ3) is 4.39. The minimum Gasteiger partial charge on any atom is -0.497 e.